The highest BCUT2D eigenvalue weighted by molar-refractivity contribution is 5.80. The third-order valence-corrected chi connectivity index (χ3v) is 22.0. The predicted octanol–water partition coefficient (Wildman–Crippen LogP) is 21.0. The zero-order valence-electron chi connectivity index (χ0n) is 66.3. The normalized spacial score (nSPS) is 14.5. The van der Waals surface area contributed by atoms with E-state index in [-0.39, 0.29) is 17.2 Å². The third-order valence-electron chi connectivity index (χ3n) is 22.0. The number of aromatic nitrogens is 3. The SMILES string of the molecule is CCCCCC(C)(C)c1cc(C(C)C(=O)OC(C)n2c(=O)n(C(C)OC(=O)C(C)c3cc(C(C)(C)CCCCC)c(O)c(C(C)(C)CCCCC)c3)c(=O)n(C(C)OC(=O)C(C)c3cc(C(C)(C)CCCCC)c(O)c(C(C)(C)CCCCC)c3)c2=O)cc(C(C)(C)CCCCC)c1O. The van der Waals surface area contributed by atoms with E-state index in [2.05, 4.69) is 125 Å². The van der Waals surface area contributed by atoms with Crippen LogP contribution in [0.1, 0.15) is 407 Å². The Labute approximate surface area is 597 Å². The molecule has 99 heavy (non-hydrogen) atoms. The summed E-state index contributed by atoms with van der Waals surface area (Å²) in [4.78, 5) is 90.6. The molecule has 0 fully saturated rings. The van der Waals surface area contributed by atoms with Crippen molar-refractivity contribution in [3.63, 3.8) is 0 Å². The van der Waals surface area contributed by atoms with Gasteiger partial charge in [-0.1, -0.05) is 277 Å². The van der Waals surface area contributed by atoms with Crippen LogP contribution in [0.5, 0.6) is 17.2 Å². The van der Waals surface area contributed by atoms with Crippen LogP contribution < -0.4 is 17.1 Å². The number of unbranched alkanes of at least 4 members (excludes halogenated alkanes) is 12. The summed E-state index contributed by atoms with van der Waals surface area (Å²) < 4.78 is 20.4. The van der Waals surface area contributed by atoms with Crippen molar-refractivity contribution < 1.29 is 43.9 Å². The minimum absolute atomic E-state index is 0.195. The fraction of sp³-hybridized carbons (Fsp3) is 0.714. The first-order valence-corrected chi connectivity index (χ1v) is 38.4. The van der Waals surface area contributed by atoms with E-state index in [0.717, 1.165) is 154 Å². The smallest absolute Gasteiger partial charge is 0.342 e. The van der Waals surface area contributed by atoms with Crippen molar-refractivity contribution in [2.45, 2.75) is 389 Å². The Morgan fingerprint density at radius 2 is 0.465 bits per heavy atom. The van der Waals surface area contributed by atoms with Gasteiger partial charge in [0.1, 0.15) is 17.2 Å². The topological polar surface area (TPSA) is 206 Å². The molecule has 0 saturated carbocycles. The Bertz CT molecular complexity index is 2980. The Morgan fingerprint density at radius 1 is 0.313 bits per heavy atom. The highest BCUT2D eigenvalue weighted by Gasteiger charge is 2.39. The Balaban J connectivity index is 1.99. The summed E-state index contributed by atoms with van der Waals surface area (Å²) in [6.07, 6.45) is 17.5. The summed E-state index contributed by atoms with van der Waals surface area (Å²) in [5.41, 5.74) is -0.737. The number of phenolic OH excluding ortho intramolecular Hbond substituents is 3. The molecule has 3 aromatic carbocycles. The van der Waals surface area contributed by atoms with Gasteiger partial charge in [-0.2, -0.15) is 0 Å². The van der Waals surface area contributed by atoms with Crippen LogP contribution in [0.2, 0.25) is 0 Å². The van der Waals surface area contributed by atoms with Crippen LogP contribution in [0.15, 0.2) is 50.8 Å². The van der Waals surface area contributed by atoms with Crippen molar-refractivity contribution in [3.8, 4) is 17.2 Å². The molecular formula is C84H135N3O12. The molecule has 4 rings (SSSR count). The zero-order valence-corrected chi connectivity index (χ0v) is 66.3. The van der Waals surface area contributed by atoms with Gasteiger partial charge in [0.2, 0.25) is 0 Å². The van der Waals surface area contributed by atoms with Crippen LogP contribution in [-0.4, -0.2) is 46.9 Å². The summed E-state index contributed by atoms with van der Waals surface area (Å²) in [7, 11) is 0. The molecule has 0 aliphatic heterocycles. The van der Waals surface area contributed by atoms with E-state index in [9.17, 15) is 29.7 Å². The van der Waals surface area contributed by atoms with E-state index in [1.165, 1.54) is 20.8 Å². The monoisotopic (exact) mass is 1380 g/mol. The van der Waals surface area contributed by atoms with Crippen LogP contribution >= 0.6 is 0 Å². The lowest BCUT2D eigenvalue weighted by Crippen LogP contribution is -2.57. The fourth-order valence-electron chi connectivity index (χ4n) is 14.4. The Kier molecular flexibility index (Phi) is 31.6. The number of nitrogens with zero attached hydrogens (tertiary/aromatic N) is 3. The van der Waals surface area contributed by atoms with Crippen molar-refractivity contribution in [2.75, 3.05) is 0 Å². The quantitative estimate of drug-likeness (QED) is 0.0215. The largest absolute Gasteiger partial charge is 0.507 e. The maximum atomic E-state index is 15.3. The van der Waals surface area contributed by atoms with Crippen molar-refractivity contribution in [1.29, 1.82) is 0 Å². The second kappa shape index (κ2) is 36.7. The average molecular weight is 1380 g/mol. The molecule has 0 bridgehead atoms. The number of esters is 3. The van der Waals surface area contributed by atoms with Crippen LogP contribution in [-0.2, 0) is 61.1 Å². The number of rotatable bonds is 42. The number of aromatic hydroxyl groups is 3. The lowest BCUT2D eigenvalue weighted by atomic mass is 9.72. The Hall–Kier alpha value is -6.12. The Morgan fingerprint density at radius 3 is 0.606 bits per heavy atom. The lowest BCUT2D eigenvalue weighted by Gasteiger charge is -2.33. The van der Waals surface area contributed by atoms with Gasteiger partial charge in [-0.15, -0.1) is 0 Å². The van der Waals surface area contributed by atoms with Gasteiger partial charge >= 0.3 is 35.0 Å². The highest BCUT2D eigenvalue weighted by Crippen LogP contribution is 2.49. The summed E-state index contributed by atoms with van der Waals surface area (Å²) in [6.45, 7) is 47.2. The second-order valence-electron chi connectivity index (χ2n) is 33.2. The fourth-order valence-corrected chi connectivity index (χ4v) is 14.4. The summed E-state index contributed by atoms with van der Waals surface area (Å²) in [6, 6.07) is 11.2. The number of hydrogen-bond donors (Lipinski definition) is 3. The molecule has 1 aromatic heterocycles. The number of carbonyl (C=O) groups is 3. The molecule has 3 N–H and O–H groups in total. The summed E-state index contributed by atoms with van der Waals surface area (Å²) >= 11 is 0. The minimum atomic E-state index is -1.70. The highest BCUT2D eigenvalue weighted by atomic mass is 16.6. The van der Waals surface area contributed by atoms with Gasteiger partial charge in [0, 0.05) is 33.4 Å². The van der Waals surface area contributed by atoms with Gasteiger partial charge in [-0.05, 0) is 129 Å². The molecule has 0 radical (unpaired) electrons. The van der Waals surface area contributed by atoms with Crippen LogP contribution in [0.25, 0.3) is 0 Å². The molecule has 0 aliphatic rings. The molecule has 0 amide bonds. The first-order valence-electron chi connectivity index (χ1n) is 38.4. The van der Waals surface area contributed by atoms with E-state index in [0.29, 0.717) is 63.8 Å². The molecule has 0 saturated heterocycles. The van der Waals surface area contributed by atoms with Crippen LogP contribution in [0.3, 0.4) is 0 Å². The van der Waals surface area contributed by atoms with Crippen LogP contribution in [0.4, 0.5) is 0 Å². The van der Waals surface area contributed by atoms with E-state index >= 15 is 14.4 Å². The maximum Gasteiger partial charge on any atom is 0.342 e. The predicted molar refractivity (Wildman–Crippen MR) is 404 cm³/mol. The number of ether oxygens (including phenoxy) is 3. The molecule has 0 aliphatic carbocycles. The molecule has 15 nitrogen and oxygen atoms in total. The molecule has 4 aromatic rings. The van der Waals surface area contributed by atoms with Gasteiger partial charge in [0.05, 0.1) is 17.8 Å². The molecule has 1 heterocycles. The lowest BCUT2D eigenvalue weighted by molar-refractivity contribution is -0.156. The van der Waals surface area contributed by atoms with Crippen molar-refractivity contribution >= 4 is 17.9 Å². The zero-order chi connectivity index (χ0) is 74.9. The van der Waals surface area contributed by atoms with E-state index in [1.54, 1.807) is 20.8 Å². The van der Waals surface area contributed by atoms with E-state index in [4.69, 9.17) is 14.2 Å². The van der Waals surface area contributed by atoms with Gasteiger partial charge in [0.15, 0.2) is 18.7 Å². The van der Waals surface area contributed by atoms with Gasteiger partial charge < -0.3 is 29.5 Å². The average Bonchev–Trinajstić information content (AvgIpc) is 0.778. The summed E-state index contributed by atoms with van der Waals surface area (Å²) in [5, 5.41) is 36.7. The van der Waals surface area contributed by atoms with E-state index < -0.39 is 104 Å². The molecule has 6 unspecified atom stereocenters. The number of phenols is 3. The number of hydrogen-bond acceptors (Lipinski definition) is 12. The van der Waals surface area contributed by atoms with Crippen molar-refractivity contribution in [1.82, 2.24) is 13.7 Å². The van der Waals surface area contributed by atoms with Gasteiger partial charge in [-0.25, -0.2) is 28.1 Å². The molecular weight excluding hydrogens is 1240 g/mol. The second-order valence-corrected chi connectivity index (χ2v) is 33.2. The number of carbonyl (C=O) groups excluding carboxylic acids is 3. The van der Waals surface area contributed by atoms with Crippen LogP contribution in [0, 0.1) is 0 Å². The molecule has 0 spiro atoms. The van der Waals surface area contributed by atoms with Gasteiger partial charge in [-0.3, -0.25) is 14.4 Å². The molecule has 6 atom stereocenters. The third kappa shape index (κ3) is 21.5. The van der Waals surface area contributed by atoms with E-state index in [1.807, 2.05) is 36.4 Å². The molecule has 15 heteroatoms. The van der Waals surface area contributed by atoms with Crippen molar-refractivity contribution in [3.05, 3.63) is 118 Å². The standard InChI is InChI=1S/C84H135N3O12/c1-25-31-37-43-79(13,14)64-49-61(50-65(70(64)88)80(15,16)44-38-32-26-2)55(7)73(91)97-58(10)85-76(94)86(59(11)98-74(92)56(8)62-51-66(81(17,18)45-39-33-27-3)71(89)67(52-62)82(19,20)46-40-34-28-4)78(96)87(77(85)95)60(12)99-75(93)57(9)63-53-68(83(21,22)47-41-35-29-5)72(90)69(54-63)84(23,24)48-42-36-30-6/h49-60,88-90H,25-48H2,1-24H3. The minimum Gasteiger partial charge on any atom is -0.507 e. The summed E-state index contributed by atoms with van der Waals surface area (Å²) in [5.74, 6) is -4.82. The molecule has 558 valence electrons. The maximum absolute atomic E-state index is 15.3. The first-order chi connectivity index (χ1) is 46.1. The van der Waals surface area contributed by atoms with Gasteiger partial charge in [0.25, 0.3) is 0 Å². The first kappa shape index (κ1) is 85.3. The number of benzene rings is 3. The van der Waals surface area contributed by atoms with Crippen molar-refractivity contribution in [2.24, 2.45) is 0 Å².